The third-order valence-corrected chi connectivity index (χ3v) is 4.26. The number of hydrogen-bond donors (Lipinski definition) is 2. The van der Waals surface area contributed by atoms with Crippen molar-refractivity contribution in [3.8, 4) is 0 Å². The second-order valence-corrected chi connectivity index (χ2v) is 6.16. The Labute approximate surface area is 172 Å². The molecular formula is C18H12F10O4. The lowest BCUT2D eigenvalue weighted by molar-refractivity contribution is -0.121. The van der Waals surface area contributed by atoms with Crippen LogP contribution in [0.1, 0.15) is 11.1 Å². The Bertz CT molecular complexity index is 863. The summed E-state index contributed by atoms with van der Waals surface area (Å²) < 4.78 is 143. The van der Waals surface area contributed by atoms with Crippen LogP contribution in [0, 0.1) is 58.2 Å². The second-order valence-electron chi connectivity index (χ2n) is 6.16. The molecule has 0 saturated heterocycles. The van der Waals surface area contributed by atoms with E-state index in [0.717, 1.165) is 0 Å². The highest BCUT2D eigenvalue weighted by Crippen LogP contribution is 2.26. The van der Waals surface area contributed by atoms with Gasteiger partial charge >= 0.3 is 0 Å². The van der Waals surface area contributed by atoms with Crippen LogP contribution in [0.5, 0.6) is 0 Å². The molecule has 0 aliphatic heterocycles. The van der Waals surface area contributed by atoms with E-state index < -0.39 is 108 Å². The fourth-order valence-corrected chi connectivity index (χ4v) is 2.49. The van der Waals surface area contributed by atoms with E-state index in [9.17, 15) is 54.1 Å². The standard InChI is InChI=1S/C18H12F10O4/c19-9-5(10(20)14(24)17(27)13(9)23)3-31-7(1-29)8(2-30)32-4-6-11(21)15(25)18(28)16(26)12(6)22/h7-8,29-30H,1-4H2/t7-,8-/m0/s1. The number of aliphatic hydroxyl groups excluding tert-OH is 2. The Kier molecular flexibility index (Phi) is 8.45. The molecule has 14 heteroatoms. The van der Waals surface area contributed by atoms with E-state index >= 15 is 0 Å². The Morgan fingerprint density at radius 3 is 0.875 bits per heavy atom. The molecule has 0 radical (unpaired) electrons. The molecule has 0 aliphatic rings. The second kappa shape index (κ2) is 10.5. The van der Waals surface area contributed by atoms with Gasteiger partial charge in [-0.1, -0.05) is 0 Å². The van der Waals surface area contributed by atoms with Gasteiger partial charge in [-0.15, -0.1) is 0 Å². The van der Waals surface area contributed by atoms with E-state index in [0.29, 0.717) is 0 Å². The highest BCUT2D eigenvalue weighted by molar-refractivity contribution is 5.24. The molecule has 32 heavy (non-hydrogen) atoms. The summed E-state index contributed by atoms with van der Waals surface area (Å²) in [6.07, 6.45) is -3.56. The average Bonchev–Trinajstić information content (AvgIpc) is 2.79. The summed E-state index contributed by atoms with van der Waals surface area (Å²) in [6.45, 7) is -4.89. The molecular weight excluding hydrogens is 470 g/mol. The number of ether oxygens (including phenoxy) is 2. The number of aliphatic hydroxyl groups is 2. The van der Waals surface area contributed by atoms with E-state index in [2.05, 4.69) is 0 Å². The van der Waals surface area contributed by atoms with Gasteiger partial charge in [-0.3, -0.25) is 0 Å². The predicted octanol–water partition coefficient (Wildman–Crippen LogP) is 3.53. The quantitative estimate of drug-likeness (QED) is 0.326. The van der Waals surface area contributed by atoms with Crippen LogP contribution in [0.15, 0.2) is 0 Å². The van der Waals surface area contributed by atoms with Crippen molar-refractivity contribution in [3.63, 3.8) is 0 Å². The SMILES string of the molecule is OC[C@H](OCc1c(F)c(F)c(F)c(F)c1F)[C@H](CO)OCc1c(F)c(F)c(F)c(F)c1F. The van der Waals surface area contributed by atoms with E-state index in [1.165, 1.54) is 0 Å². The third kappa shape index (κ3) is 4.82. The van der Waals surface area contributed by atoms with Crippen LogP contribution in [0.25, 0.3) is 0 Å². The minimum absolute atomic E-state index is 1.11. The van der Waals surface area contributed by atoms with Crippen molar-refractivity contribution in [1.29, 1.82) is 0 Å². The molecule has 0 bridgehead atoms. The maximum absolute atomic E-state index is 13.7. The van der Waals surface area contributed by atoms with Gasteiger partial charge in [0.15, 0.2) is 46.5 Å². The molecule has 178 valence electrons. The zero-order valence-electron chi connectivity index (χ0n) is 15.5. The van der Waals surface area contributed by atoms with E-state index in [4.69, 9.17) is 9.47 Å². The first-order valence-corrected chi connectivity index (χ1v) is 8.43. The zero-order valence-corrected chi connectivity index (χ0v) is 15.5. The summed E-state index contributed by atoms with van der Waals surface area (Å²) in [5.74, 6) is -22.9. The molecule has 2 rings (SSSR count). The van der Waals surface area contributed by atoms with Crippen LogP contribution in [-0.4, -0.2) is 35.6 Å². The summed E-state index contributed by atoms with van der Waals surface area (Å²) in [5.41, 5.74) is -2.87. The van der Waals surface area contributed by atoms with Gasteiger partial charge in [0.05, 0.1) is 37.6 Å². The third-order valence-electron chi connectivity index (χ3n) is 4.26. The van der Waals surface area contributed by atoms with Crippen LogP contribution in [0.2, 0.25) is 0 Å². The van der Waals surface area contributed by atoms with Crippen molar-refractivity contribution >= 4 is 0 Å². The Morgan fingerprint density at radius 2 is 0.656 bits per heavy atom. The van der Waals surface area contributed by atoms with Crippen molar-refractivity contribution < 1.29 is 63.6 Å². The minimum Gasteiger partial charge on any atom is -0.394 e. The lowest BCUT2D eigenvalue weighted by Crippen LogP contribution is -2.37. The van der Waals surface area contributed by atoms with Gasteiger partial charge in [0, 0.05) is 0 Å². The first-order valence-electron chi connectivity index (χ1n) is 8.43. The summed E-state index contributed by atoms with van der Waals surface area (Å²) in [4.78, 5) is 0. The molecule has 2 aromatic rings. The summed E-state index contributed by atoms with van der Waals surface area (Å²) in [6, 6.07) is 0. The van der Waals surface area contributed by atoms with Crippen LogP contribution < -0.4 is 0 Å². The van der Waals surface area contributed by atoms with E-state index in [-0.39, 0.29) is 0 Å². The zero-order chi connectivity index (χ0) is 24.3. The molecule has 0 spiro atoms. The van der Waals surface area contributed by atoms with Crippen molar-refractivity contribution in [2.45, 2.75) is 25.4 Å². The lowest BCUT2D eigenvalue weighted by Gasteiger charge is -2.25. The smallest absolute Gasteiger partial charge is 0.200 e. The largest absolute Gasteiger partial charge is 0.394 e. The van der Waals surface area contributed by atoms with Crippen LogP contribution in [0.4, 0.5) is 43.9 Å². The fourth-order valence-electron chi connectivity index (χ4n) is 2.49. The van der Waals surface area contributed by atoms with Crippen molar-refractivity contribution in [2.75, 3.05) is 13.2 Å². The monoisotopic (exact) mass is 482 g/mol. The Hall–Kier alpha value is -2.42. The molecule has 2 N–H and O–H groups in total. The fraction of sp³-hybridized carbons (Fsp3) is 0.333. The number of rotatable bonds is 9. The molecule has 2 atom stereocenters. The maximum atomic E-state index is 13.7. The summed E-state index contributed by atoms with van der Waals surface area (Å²) >= 11 is 0. The van der Waals surface area contributed by atoms with Gasteiger partial charge in [0.1, 0.15) is 12.2 Å². The van der Waals surface area contributed by atoms with Crippen LogP contribution in [-0.2, 0) is 22.7 Å². The molecule has 0 aromatic heterocycles. The summed E-state index contributed by atoms with van der Waals surface area (Å²) in [5, 5.41) is 18.6. The predicted molar refractivity (Wildman–Crippen MR) is 83.8 cm³/mol. The Balaban J connectivity index is 2.20. The summed E-state index contributed by atoms with van der Waals surface area (Å²) in [7, 11) is 0. The Morgan fingerprint density at radius 1 is 0.438 bits per heavy atom. The van der Waals surface area contributed by atoms with Gasteiger partial charge in [-0.25, -0.2) is 43.9 Å². The van der Waals surface area contributed by atoms with Gasteiger partial charge in [0.2, 0.25) is 11.6 Å². The highest BCUT2D eigenvalue weighted by atomic mass is 19.2. The molecule has 4 nitrogen and oxygen atoms in total. The molecule has 0 unspecified atom stereocenters. The first kappa shape index (κ1) is 25.8. The number of hydrogen-bond acceptors (Lipinski definition) is 4. The molecule has 0 fully saturated rings. The van der Waals surface area contributed by atoms with E-state index in [1.807, 2.05) is 0 Å². The topological polar surface area (TPSA) is 58.9 Å². The molecule has 0 saturated carbocycles. The minimum atomic E-state index is -2.43. The van der Waals surface area contributed by atoms with Crippen molar-refractivity contribution in [2.24, 2.45) is 0 Å². The first-order chi connectivity index (χ1) is 15.0. The molecule has 0 aliphatic carbocycles. The van der Waals surface area contributed by atoms with Gasteiger partial charge in [-0.2, -0.15) is 0 Å². The lowest BCUT2D eigenvalue weighted by atomic mass is 10.1. The van der Waals surface area contributed by atoms with Crippen molar-refractivity contribution in [1.82, 2.24) is 0 Å². The molecule has 2 aromatic carbocycles. The van der Waals surface area contributed by atoms with Crippen LogP contribution in [0.3, 0.4) is 0 Å². The molecule has 0 heterocycles. The maximum Gasteiger partial charge on any atom is 0.200 e. The van der Waals surface area contributed by atoms with Crippen molar-refractivity contribution in [3.05, 3.63) is 69.3 Å². The number of halogens is 10. The van der Waals surface area contributed by atoms with Gasteiger partial charge in [0.25, 0.3) is 0 Å². The average molecular weight is 482 g/mol. The molecule has 0 amide bonds. The highest BCUT2D eigenvalue weighted by Gasteiger charge is 2.30. The van der Waals surface area contributed by atoms with Gasteiger partial charge < -0.3 is 19.7 Å². The van der Waals surface area contributed by atoms with Crippen LogP contribution >= 0.6 is 0 Å². The number of benzene rings is 2. The van der Waals surface area contributed by atoms with Gasteiger partial charge in [-0.05, 0) is 0 Å². The van der Waals surface area contributed by atoms with E-state index in [1.54, 1.807) is 0 Å². The normalized spacial score (nSPS) is 13.5.